The van der Waals surface area contributed by atoms with Crippen LogP contribution in [0.4, 0.5) is 0 Å². The van der Waals surface area contributed by atoms with Gasteiger partial charge in [-0.1, -0.05) is 0 Å². The molecule has 7 nitrogen and oxygen atoms in total. The van der Waals surface area contributed by atoms with E-state index in [0.29, 0.717) is 34.5 Å². The minimum absolute atomic E-state index is 0.0918. The number of carbonyl (C=O) groups is 1. The predicted molar refractivity (Wildman–Crippen MR) is 97.4 cm³/mol. The lowest BCUT2D eigenvalue weighted by molar-refractivity contribution is 0.0625. The Morgan fingerprint density at radius 1 is 1.22 bits per heavy atom. The third-order valence-electron chi connectivity index (χ3n) is 5.18. The fourth-order valence-electron chi connectivity index (χ4n) is 4.02. The number of amides is 1. The number of nitrogens with zero attached hydrogens (tertiary/aromatic N) is 4. The Hall–Kier alpha value is -2.76. The molecule has 1 amide bonds. The lowest BCUT2D eigenvalue weighted by Gasteiger charge is -2.37. The van der Waals surface area contributed by atoms with Crippen molar-refractivity contribution in [2.45, 2.75) is 24.8 Å². The van der Waals surface area contributed by atoms with Crippen LogP contribution in [0.25, 0.3) is 0 Å². The van der Waals surface area contributed by atoms with Crippen LogP contribution in [-0.2, 0) is 10.0 Å². The summed E-state index contributed by atoms with van der Waals surface area (Å²) in [6.07, 6.45) is 1.62. The molecule has 8 heteroatoms. The highest BCUT2D eigenvalue weighted by Crippen LogP contribution is 2.37. The molecule has 2 aliphatic rings. The molecule has 1 unspecified atom stereocenters. The third kappa shape index (κ3) is 2.62. The maximum absolute atomic E-state index is 13.3. The molecule has 4 rings (SSSR count). The summed E-state index contributed by atoms with van der Waals surface area (Å²) in [7, 11) is -3.75. The highest BCUT2D eigenvalue weighted by molar-refractivity contribution is 7.89. The van der Waals surface area contributed by atoms with E-state index in [0.717, 1.165) is 0 Å². The van der Waals surface area contributed by atoms with Gasteiger partial charge in [-0.05, 0) is 49.2 Å². The quantitative estimate of drug-likeness (QED) is 0.789. The maximum Gasteiger partial charge on any atom is 0.256 e. The summed E-state index contributed by atoms with van der Waals surface area (Å²) in [4.78, 5) is 18.8. The smallest absolute Gasteiger partial charge is 0.256 e. The Morgan fingerprint density at radius 3 is 2.59 bits per heavy atom. The summed E-state index contributed by atoms with van der Waals surface area (Å²) in [5.74, 6) is -0.0918. The number of pyridine rings is 1. The van der Waals surface area contributed by atoms with Gasteiger partial charge in [0.1, 0.15) is 0 Å². The molecular weight excluding hydrogens is 364 g/mol. The molecule has 0 spiro atoms. The molecule has 1 saturated heterocycles. The average Bonchev–Trinajstić information content (AvgIpc) is 2.93. The molecule has 2 aromatic rings. The molecule has 3 heterocycles. The van der Waals surface area contributed by atoms with E-state index in [1.54, 1.807) is 49.2 Å². The molecule has 2 aliphatic heterocycles. The highest BCUT2D eigenvalue weighted by Gasteiger charge is 2.44. The highest BCUT2D eigenvalue weighted by atomic mass is 32.2. The van der Waals surface area contributed by atoms with E-state index in [1.807, 2.05) is 0 Å². The van der Waals surface area contributed by atoms with Crippen molar-refractivity contribution in [3.05, 3.63) is 58.4 Å². The van der Waals surface area contributed by atoms with Crippen molar-refractivity contribution < 1.29 is 13.2 Å². The summed E-state index contributed by atoms with van der Waals surface area (Å²) in [5.41, 5.74) is 2.72. The van der Waals surface area contributed by atoms with Crippen LogP contribution in [0.15, 0.2) is 35.4 Å². The number of hydrogen-bond acceptors (Lipinski definition) is 5. The topological polar surface area (TPSA) is 94.4 Å². The van der Waals surface area contributed by atoms with E-state index in [2.05, 4.69) is 11.1 Å². The van der Waals surface area contributed by atoms with Gasteiger partial charge >= 0.3 is 0 Å². The number of rotatable bonds is 2. The zero-order chi connectivity index (χ0) is 19.3. The van der Waals surface area contributed by atoms with Gasteiger partial charge in [0.05, 0.1) is 33.8 Å². The van der Waals surface area contributed by atoms with E-state index < -0.39 is 10.0 Å². The molecule has 1 aromatic carbocycles. The van der Waals surface area contributed by atoms with Crippen molar-refractivity contribution in [2.24, 2.45) is 0 Å². The fraction of sp³-hybridized carbons (Fsp3) is 0.316. The second-order valence-electron chi connectivity index (χ2n) is 6.86. The van der Waals surface area contributed by atoms with Crippen LogP contribution in [0, 0.1) is 25.2 Å². The summed E-state index contributed by atoms with van der Waals surface area (Å²) >= 11 is 0. The minimum atomic E-state index is -3.75. The van der Waals surface area contributed by atoms with Crippen LogP contribution >= 0.6 is 0 Å². The summed E-state index contributed by atoms with van der Waals surface area (Å²) < 4.78 is 28.1. The van der Waals surface area contributed by atoms with Crippen molar-refractivity contribution in [1.82, 2.24) is 14.2 Å². The van der Waals surface area contributed by atoms with Crippen LogP contribution in [0.5, 0.6) is 0 Å². The monoisotopic (exact) mass is 382 g/mol. The van der Waals surface area contributed by atoms with Gasteiger partial charge < -0.3 is 4.90 Å². The number of sulfonamides is 1. The first-order valence-corrected chi connectivity index (χ1v) is 10.1. The Balaban J connectivity index is 1.72. The Kier molecular flexibility index (Phi) is 4.02. The molecule has 1 aromatic heterocycles. The van der Waals surface area contributed by atoms with Crippen LogP contribution in [0.1, 0.15) is 38.8 Å². The average molecular weight is 382 g/mol. The fourth-order valence-corrected chi connectivity index (χ4v) is 5.87. The molecule has 0 saturated carbocycles. The number of aryl methyl sites for hydroxylation is 2. The van der Waals surface area contributed by atoms with Crippen molar-refractivity contribution >= 4 is 15.9 Å². The molecular formula is C19H18N4O3S. The van der Waals surface area contributed by atoms with E-state index in [1.165, 1.54) is 4.31 Å². The number of carbonyl (C=O) groups excluding carboxylic acids is 1. The van der Waals surface area contributed by atoms with Gasteiger partial charge in [-0.2, -0.15) is 9.57 Å². The first-order valence-electron chi connectivity index (χ1n) is 8.62. The molecule has 0 N–H and O–H groups in total. The molecule has 0 bridgehead atoms. The van der Waals surface area contributed by atoms with Gasteiger partial charge in [0, 0.05) is 25.8 Å². The molecule has 1 fully saturated rings. The van der Waals surface area contributed by atoms with Gasteiger partial charge in [-0.25, -0.2) is 8.42 Å². The number of nitriles is 1. The van der Waals surface area contributed by atoms with E-state index in [4.69, 9.17) is 5.26 Å². The standard InChI is InChI=1S/C19H18N4O3S/c1-12-8-14(10-20)9-13(2)18(12)27(25,26)22-6-7-23-16(11-22)17-15(19(23)24)4-3-5-21-17/h3-5,8-9,16H,6-7,11H2,1-2H3. The first kappa shape index (κ1) is 17.6. The number of benzene rings is 1. The molecule has 138 valence electrons. The second-order valence-corrected chi connectivity index (χ2v) is 8.74. The maximum atomic E-state index is 13.3. The predicted octanol–water partition coefficient (Wildman–Crippen LogP) is 1.77. The Labute approximate surface area is 157 Å². The number of hydrogen-bond donors (Lipinski definition) is 0. The van der Waals surface area contributed by atoms with Crippen LogP contribution in [0.3, 0.4) is 0 Å². The second kappa shape index (κ2) is 6.15. The largest absolute Gasteiger partial charge is 0.327 e. The van der Waals surface area contributed by atoms with E-state index in [9.17, 15) is 13.2 Å². The van der Waals surface area contributed by atoms with Gasteiger partial charge in [-0.15, -0.1) is 0 Å². The SMILES string of the molecule is Cc1cc(C#N)cc(C)c1S(=O)(=O)N1CCN2C(=O)c3cccnc3C2C1. The zero-order valence-corrected chi connectivity index (χ0v) is 15.8. The van der Waals surface area contributed by atoms with E-state index in [-0.39, 0.29) is 29.9 Å². The van der Waals surface area contributed by atoms with Gasteiger partial charge in [0.25, 0.3) is 5.91 Å². The van der Waals surface area contributed by atoms with Gasteiger partial charge in [-0.3, -0.25) is 9.78 Å². The van der Waals surface area contributed by atoms with Crippen molar-refractivity contribution in [1.29, 1.82) is 5.26 Å². The molecule has 0 radical (unpaired) electrons. The van der Waals surface area contributed by atoms with Crippen LogP contribution in [0.2, 0.25) is 0 Å². The number of aromatic nitrogens is 1. The lowest BCUT2D eigenvalue weighted by Crippen LogP contribution is -2.49. The van der Waals surface area contributed by atoms with Crippen LogP contribution in [-0.4, -0.2) is 48.1 Å². The summed E-state index contributed by atoms with van der Waals surface area (Å²) in [6, 6.07) is 8.31. The molecule has 27 heavy (non-hydrogen) atoms. The van der Waals surface area contributed by atoms with Crippen molar-refractivity contribution in [3.63, 3.8) is 0 Å². The summed E-state index contributed by atoms with van der Waals surface area (Å²) in [6.45, 7) is 4.14. The van der Waals surface area contributed by atoms with Gasteiger partial charge in [0.15, 0.2) is 0 Å². The Bertz CT molecular complexity index is 1080. The molecule has 1 atom stereocenters. The number of fused-ring (bicyclic) bond motifs is 3. The van der Waals surface area contributed by atoms with Crippen LogP contribution < -0.4 is 0 Å². The Morgan fingerprint density at radius 2 is 1.93 bits per heavy atom. The number of piperazine rings is 1. The first-order chi connectivity index (χ1) is 12.8. The minimum Gasteiger partial charge on any atom is -0.327 e. The zero-order valence-electron chi connectivity index (χ0n) is 15.0. The molecule has 0 aliphatic carbocycles. The lowest BCUT2D eigenvalue weighted by atomic mass is 10.1. The third-order valence-corrected chi connectivity index (χ3v) is 7.35. The van der Waals surface area contributed by atoms with E-state index >= 15 is 0 Å². The normalized spacial score (nSPS) is 19.5. The summed E-state index contributed by atoms with van der Waals surface area (Å²) in [5, 5.41) is 9.10. The van der Waals surface area contributed by atoms with Crippen molar-refractivity contribution in [3.8, 4) is 6.07 Å². The van der Waals surface area contributed by atoms with Crippen molar-refractivity contribution in [2.75, 3.05) is 19.6 Å². The van der Waals surface area contributed by atoms with Gasteiger partial charge in [0.2, 0.25) is 10.0 Å².